The minimum Gasteiger partial charge on any atom is -0.316 e. The monoisotopic (exact) mass is 214 g/mol. The summed E-state index contributed by atoms with van der Waals surface area (Å²) in [4.78, 5) is 4.24. The van der Waals surface area contributed by atoms with Crippen LogP contribution in [0.2, 0.25) is 5.02 Å². The van der Waals surface area contributed by atoms with E-state index in [9.17, 15) is 0 Å². The number of nitrogens with zero attached hydrogens (tertiary/aromatic N) is 1. The molecule has 1 saturated heterocycles. The Balaban J connectivity index is 1.97. The van der Waals surface area contributed by atoms with Gasteiger partial charge in [-0.2, -0.15) is 0 Å². The Morgan fingerprint density at radius 1 is 1.54 bits per heavy atom. The molecule has 2 heterocycles. The van der Waals surface area contributed by atoms with Crippen molar-refractivity contribution in [2.24, 2.45) is 0 Å². The van der Waals surface area contributed by atoms with Gasteiger partial charge in [0.25, 0.3) is 0 Å². The Labute approximate surface area is 87.1 Å². The molecule has 0 bridgehead atoms. The van der Waals surface area contributed by atoms with Gasteiger partial charge in [0.2, 0.25) is 0 Å². The topological polar surface area (TPSA) is 24.9 Å². The predicted molar refractivity (Wildman–Crippen MR) is 56.4 cm³/mol. The Hall–Kier alpha value is -0.250. The van der Waals surface area contributed by atoms with Crippen molar-refractivity contribution in [2.75, 3.05) is 13.1 Å². The first kappa shape index (κ1) is 9.31. The average Bonchev–Trinajstić information content (AvgIpc) is 2.62. The van der Waals surface area contributed by atoms with Crippen LogP contribution in [0.5, 0.6) is 0 Å². The SMILES string of the molecule is Clc1ccc(SC2CCNC2)nc1. The molecule has 2 rings (SSSR count). The van der Waals surface area contributed by atoms with Crippen molar-refractivity contribution >= 4 is 23.4 Å². The molecule has 4 heteroatoms. The van der Waals surface area contributed by atoms with Crippen LogP contribution >= 0.6 is 23.4 Å². The van der Waals surface area contributed by atoms with Gasteiger partial charge in [-0.05, 0) is 25.1 Å². The zero-order chi connectivity index (χ0) is 9.10. The van der Waals surface area contributed by atoms with Crippen molar-refractivity contribution in [3.8, 4) is 0 Å². The highest BCUT2D eigenvalue weighted by atomic mass is 35.5. The average molecular weight is 215 g/mol. The van der Waals surface area contributed by atoms with Crippen molar-refractivity contribution in [2.45, 2.75) is 16.7 Å². The molecule has 1 aliphatic heterocycles. The van der Waals surface area contributed by atoms with E-state index in [1.165, 1.54) is 6.42 Å². The van der Waals surface area contributed by atoms with Crippen molar-refractivity contribution in [1.82, 2.24) is 10.3 Å². The molecular formula is C9H11ClN2S. The Morgan fingerprint density at radius 2 is 2.46 bits per heavy atom. The fourth-order valence-corrected chi connectivity index (χ4v) is 2.48. The number of hydrogen-bond donors (Lipinski definition) is 1. The summed E-state index contributed by atoms with van der Waals surface area (Å²) in [6.45, 7) is 2.22. The molecule has 0 radical (unpaired) electrons. The van der Waals surface area contributed by atoms with Crippen LogP contribution in [0.3, 0.4) is 0 Å². The normalized spacial score (nSPS) is 22.1. The second kappa shape index (κ2) is 4.31. The second-order valence-corrected chi connectivity index (χ2v) is 4.80. The molecule has 1 aliphatic rings. The fraction of sp³-hybridized carbons (Fsp3) is 0.444. The molecule has 2 nitrogen and oxygen atoms in total. The maximum absolute atomic E-state index is 5.74. The van der Waals surface area contributed by atoms with Crippen LogP contribution in [0.1, 0.15) is 6.42 Å². The number of thioether (sulfide) groups is 1. The molecule has 0 aromatic carbocycles. The number of halogens is 1. The van der Waals surface area contributed by atoms with Gasteiger partial charge in [0.15, 0.2) is 0 Å². The summed E-state index contributed by atoms with van der Waals surface area (Å²) in [5.41, 5.74) is 0. The molecule has 70 valence electrons. The van der Waals surface area contributed by atoms with Gasteiger partial charge in [0.05, 0.1) is 10.0 Å². The molecule has 1 N–H and O–H groups in total. The molecule has 1 atom stereocenters. The van der Waals surface area contributed by atoms with E-state index in [0.717, 1.165) is 18.1 Å². The number of rotatable bonds is 2. The number of aromatic nitrogens is 1. The summed E-state index contributed by atoms with van der Waals surface area (Å²) in [6.07, 6.45) is 2.93. The lowest BCUT2D eigenvalue weighted by Crippen LogP contribution is -2.10. The number of hydrogen-bond acceptors (Lipinski definition) is 3. The zero-order valence-electron chi connectivity index (χ0n) is 7.16. The van der Waals surface area contributed by atoms with Crippen molar-refractivity contribution in [3.05, 3.63) is 23.4 Å². The van der Waals surface area contributed by atoms with Crippen LogP contribution < -0.4 is 5.32 Å². The summed E-state index contributed by atoms with van der Waals surface area (Å²) < 4.78 is 0. The lowest BCUT2D eigenvalue weighted by molar-refractivity contribution is 0.858. The van der Waals surface area contributed by atoms with Gasteiger partial charge in [0, 0.05) is 18.0 Å². The summed E-state index contributed by atoms with van der Waals surface area (Å²) in [5, 5.41) is 5.77. The van der Waals surface area contributed by atoms with Crippen molar-refractivity contribution in [3.63, 3.8) is 0 Å². The number of pyridine rings is 1. The van der Waals surface area contributed by atoms with E-state index in [-0.39, 0.29) is 0 Å². The Morgan fingerprint density at radius 3 is 3.08 bits per heavy atom. The van der Waals surface area contributed by atoms with Gasteiger partial charge >= 0.3 is 0 Å². The molecule has 1 aromatic heterocycles. The third-order valence-corrected chi connectivity index (χ3v) is 3.45. The lowest BCUT2D eigenvalue weighted by atomic mass is 10.4. The van der Waals surface area contributed by atoms with E-state index in [2.05, 4.69) is 10.3 Å². The van der Waals surface area contributed by atoms with Crippen LogP contribution in [0.4, 0.5) is 0 Å². The van der Waals surface area contributed by atoms with E-state index in [0.29, 0.717) is 10.3 Å². The minimum atomic E-state index is 0.675. The summed E-state index contributed by atoms with van der Waals surface area (Å²) in [6, 6.07) is 3.87. The van der Waals surface area contributed by atoms with Gasteiger partial charge < -0.3 is 5.32 Å². The van der Waals surface area contributed by atoms with Gasteiger partial charge in [-0.1, -0.05) is 11.6 Å². The van der Waals surface area contributed by atoms with Crippen LogP contribution in [0.25, 0.3) is 0 Å². The number of nitrogens with one attached hydrogen (secondary N) is 1. The summed E-state index contributed by atoms with van der Waals surface area (Å²) >= 11 is 7.57. The van der Waals surface area contributed by atoms with E-state index in [1.54, 1.807) is 6.20 Å². The minimum absolute atomic E-state index is 0.675. The quantitative estimate of drug-likeness (QED) is 0.817. The summed E-state index contributed by atoms with van der Waals surface area (Å²) in [5.74, 6) is 0. The molecule has 1 fully saturated rings. The standard InChI is InChI=1S/C9H11ClN2S/c10-7-1-2-9(12-5-7)13-8-3-4-11-6-8/h1-2,5,8,11H,3-4,6H2. The first-order chi connectivity index (χ1) is 6.34. The highest BCUT2D eigenvalue weighted by Crippen LogP contribution is 2.25. The van der Waals surface area contributed by atoms with Crippen LogP contribution in [-0.4, -0.2) is 23.3 Å². The second-order valence-electron chi connectivity index (χ2n) is 3.05. The Bertz CT molecular complexity index is 269. The third-order valence-electron chi connectivity index (χ3n) is 2.00. The van der Waals surface area contributed by atoms with E-state index in [1.807, 2.05) is 23.9 Å². The van der Waals surface area contributed by atoms with Crippen molar-refractivity contribution in [1.29, 1.82) is 0 Å². The Kier molecular flexibility index (Phi) is 3.09. The lowest BCUT2D eigenvalue weighted by Gasteiger charge is -2.06. The molecule has 0 aliphatic carbocycles. The van der Waals surface area contributed by atoms with Gasteiger partial charge in [0.1, 0.15) is 0 Å². The predicted octanol–water partition coefficient (Wildman–Crippen LogP) is 2.19. The molecule has 0 amide bonds. The molecule has 13 heavy (non-hydrogen) atoms. The van der Waals surface area contributed by atoms with Gasteiger partial charge in [-0.25, -0.2) is 4.98 Å². The maximum atomic E-state index is 5.74. The smallest absolute Gasteiger partial charge is 0.0964 e. The van der Waals surface area contributed by atoms with Crippen LogP contribution in [0.15, 0.2) is 23.4 Å². The summed E-state index contributed by atoms with van der Waals surface area (Å²) in [7, 11) is 0. The van der Waals surface area contributed by atoms with Gasteiger partial charge in [-0.15, -0.1) is 11.8 Å². The first-order valence-corrected chi connectivity index (χ1v) is 5.59. The highest BCUT2D eigenvalue weighted by molar-refractivity contribution is 7.99. The molecular weight excluding hydrogens is 204 g/mol. The first-order valence-electron chi connectivity index (χ1n) is 4.33. The van der Waals surface area contributed by atoms with E-state index >= 15 is 0 Å². The molecule has 0 saturated carbocycles. The van der Waals surface area contributed by atoms with Crippen LogP contribution in [0, 0.1) is 0 Å². The molecule has 1 aromatic rings. The van der Waals surface area contributed by atoms with E-state index in [4.69, 9.17) is 11.6 Å². The molecule has 0 spiro atoms. The fourth-order valence-electron chi connectivity index (χ4n) is 1.33. The van der Waals surface area contributed by atoms with Gasteiger partial charge in [-0.3, -0.25) is 0 Å². The zero-order valence-corrected chi connectivity index (χ0v) is 8.74. The van der Waals surface area contributed by atoms with Crippen LogP contribution in [-0.2, 0) is 0 Å². The van der Waals surface area contributed by atoms with E-state index < -0.39 is 0 Å². The largest absolute Gasteiger partial charge is 0.316 e. The van der Waals surface area contributed by atoms with Crippen molar-refractivity contribution < 1.29 is 0 Å². The molecule has 1 unspecified atom stereocenters. The highest BCUT2D eigenvalue weighted by Gasteiger charge is 2.15. The third kappa shape index (κ3) is 2.59. The maximum Gasteiger partial charge on any atom is 0.0964 e.